The van der Waals surface area contributed by atoms with E-state index >= 15 is 0 Å². The standard InChI is InChI=1S/C23H28FN3O7S/c1-14(2)32-23(28)27-10-8-15(9-11-27)33-21-20(31-3)22(26-13-25-21)34-19-7-6-17(12-18(19)24)35(29,30)16-4-5-16/h6-7,12-16H,4-5,8-11H2,1-3H3. The van der Waals surface area contributed by atoms with Crippen LogP contribution < -0.4 is 14.2 Å². The average molecular weight is 510 g/mol. The van der Waals surface area contributed by atoms with Gasteiger partial charge in [0.25, 0.3) is 11.8 Å². The highest BCUT2D eigenvalue weighted by Crippen LogP contribution is 2.39. The first-order chi connectivity index (χ1) is 16.7. The minimum atomic E-state index is -3.53. The number of rotatable bonds is 8. The number of likely N-dealkylation sites (tertiary alicyclic amines) is 1. The summed E-state index contributed by atoms with van der Waals surface area (Å²) in [5.74, 6) is -0.931. The van der Waals surface area contributed by atoms with E-state index in [1.807, 2.05) is 0 Å². The Morgan fingerprint density at radius 3 is 2.40 bits per heavy atom. The molecule has 0 radical (unpaired) electrons. The maximum absolute atomic E-state index is 14.7. The van der Waals surface area contributed by atoms with E-state index in [4.69, 9.17) is 18.9 Å². The molecule has 1 aliphatic carbocycles. The smallest absolute Gasteiger partial charge is 0.410 e. The minimum absolute atomic E-state index is 0.0724. The predicted octanol–water partition coefficient (Wildman–Crippen LogP) is 3.74. The first-order valence-electron chi connectivity index (χ1n) is 11.4. The lowest BCUT2D eigenvalue weighted by molar-refractivity contribution is 0.0499. The van der Waals surface area contributed by atoms with Crippen molar-refractivity contribution in [2.24, 2.45) is 0 Å². The molecule has 0 unspecified atom stereocenters. The summed E-state index contributed by atoms with van der Waals surface area (Å²) in [6, 6.07) is 3.51. The molecular formula is C23H28FN3O7S. The Morgan fingerprint density at radius 1 is 1.11 bits per heavy atom. The first-order valence-corrected chi connectivity index (χ1v) is 13.0. The van der Waals surface area contributed by atoms with Crippen LogP contribution in [0, 0.1) is 5.82 Å². The fourth-order valence-electron chi connectivity index (χ4n) is 3.68. The highest BCUT2D eigenvalue weighted by atomic mass is 32.2. The Labute approximate surface area is 203 Å². The summed E-state index contributed by atoms with van der Waals surface area (Å²) in [7, 11) is -2.15. The number of piperidine rings is 1. The van der Waals surface area contributed by atoms with Crippen LogP contribution in [0.1, 0.15) is 39.5 Å². The lowest BCUT2D eigenvalue weighted by Gasteiger charge is -2.31. The van der Waals surface area contributed by atoms with Gasteiger partial charge in [0, 0.05) is 25.9 Å². The van der Waals surface area contributed by atoms with Gasteiger partial charge in [-0.25, -0.2) is 17.6 Å². The summed E-state index contributed by atoms with van der Waals surface area (Å²) >= 11 is 0. The quantitative estimate of drug-likeness (QED) is 0.524. The molecule has 2 fully saturated rings. The van der Waals surface area contributed by atoms with Crippen molar-refractivity contribution >= 4 is 15.9 Å². The van der Waals surface area contributed by atoms with E-state index < -0.39 is 20.9 Å². The van der Waals surface area contributed by atoms with Gasteiger partial charge in [0.1, 0.15) is 12.4 Å². The Bertz CT molecular complexity index is 1180. The Morgan fingerprint density at radius 2 is 1.80 bits per heavy atom. The number of benzene rings is 1. The van der Waals surface area contributed by atoms with Gasteiger partial charge in [0.05, 0.1) is 23.4 Å². The zero-order valence-electron chi connectivity index (χ0n) is 19.8. The van der Waals surface area contributed by atoms with E-state index in [1.54, 1.807) is 18.7 Å². The molecule has 0 spiro atoms. The molecule has 35 heavy (non-hydrogen) atoms. The van der Waals surface area contributed by atoms with E-state index in [-0.39, 0.29) is 46.5 Å². The summed E-state index contributed by atoms with van der Waals surface area (Å²) in [5, 5.41) is -0.442. The highest BCUT2D eigenvalue weighted by Gasteiger charge is 2.37. The van der Waals surface area contributed by atoms with Crippen molar-refractivity contribution in [2.45, 2.75) is 61.9 Å². The van der Waals surface area contributed by atoms with Gasteiger partial charge in [0.15, 0.2) is 21.4 Å². The van der Waals surface area contributed by atoms with Crippen LogP contribution in [0.2, 0.25) is 0 Å². The van der Waals surface area contributed by atoms with Crippen LogP contribution in [0.5, 0.6) is 23.3 Å². The predicted molar refractivity (Wildman–Crippen MR) is 122 cm³/mol. The maximum atomic E-state index is 14.7. The number of sulfone groups is 1. The van der Waals surface area contributed by atoms with Gasteiger partial charge in [-0.1, -0.05) is 0 Å². The van der Waals surface area contributed by atoms with Crippen molar-refractivity contribution in [3.05, 3.63) is 30.3 Å². The number of halogens is 1. The molecule has 2 heterocycles. The number of carbonyl (C=O) groups is 1. The van der Waals surface area contributed by atoms with Gasteiger partial charge in [-0.05, 0) is 44.9 Å². The van der Waals surface area contributed by atoms with E-state index in [2.05, 4.69) is 9.97 Å². The first kappa shape index (κ1) is 25.0. The van der Waals surface area contributed by atoms with Crippen LogP contribution in [0.25, 0.3) is 0 Å². The molecule has 0 atom stereocenters. The fourth-order valence-corrected chi connectivity index (χ4v) is 5.35. The summed E-state index contributed by atoms with van der Waals surface area (Å²) in [6.07, 6.45) is 2.71. The Balaban J connectivity index is 1.44. The van der Waals surface area contributed by atoms with Crippen LogP contribution in [0.4, 0.5) is 9.18 Å². The average Bonchev–Trinajstić information content (AvgIpc) is 3.67. The number of carbonyl (C=O) groups excluding carboxylic acids is 1. The largest absolute Gasteiger partial charge is 0.487 e. The summed E-state index contributed by atoms with van der Waals surface area (Å²) < 4.78 is 61.6. The Hall–Kier alpha value is -3.15. The molecule has 190 valence electrons. The zero-order valence-corrected chi connectivity index (χ0v) is 20.6. The number of nitrogens with zero attached hydrogens (tertiary/aromatic N) is 3. The lowest BCUT2D eigenvalue weighted by atomic mass is 10.1. The van der Waals surface area contributed by atoms with E-state index in [0.29, 0.717) is 38.8 Å². The van der Waals surface area contributed by atoms with Gasteiger partial charge < -0.3 is 23.8 Å². The molecule has 4 rings (SSSR count). The van der Waals surface area contributed by atoms with Crippen molar-refractivity contribution in [3.63, 3.8) is 0 Å². The Kier molecular flexibility index (Phi) is 7.29. The molecule has 0 N–H and O–H groups in total. The summed E-state index contributed by atoms with van der Waals surface area (Å²) in [6.45, 7) is 4.53. The molecule has 0 bridgehead atoms. The second-order valence-electron chi connectivity index (χ2n) is 8.69. The third kappa shape index (κ3) is 5.75. The summed E-state index contributed by atoms with van der Waals surface area (Å²) in [5.41, 5.74) is 0. The third-order valence-electron chi connectivity index (χ3n) is 5.66. The van der Waals surface area contributed by atoms with Crippen LogP contribution in [0.3, 0.4) is 0 Å². The molecule has 1 saturated carbocycles. The van der Waals surface area contributed by atoms with Gasteiger partial charge in [0.2, 0.25) is 5.75 Å². The molecule has 10 nitrogen and oxygen atoms in total. The van der Waals surface area contributed by atoms with Gasteiger partial charge in [-0.2, -0.15) is 9.97 Å². The molecule has 1 saturated heterocycles. The van der Waals surface area contributed by atoms with Crippen molar-refractivity contribution in [3.8, 4) is 23.3 Å². The van der Waals surface area contributed by atoms with Crippen LogP contribution in [-0.2, 0) is 14.6 Å². The summed E-state index contributed by atoms with van der Waals surface area (Å²) in [4.78, 5) is 21.8. The molecule has 12 heteroatoms. The van der Waals surface area contributed by atoms with Crippen molar-refractivity contribution < 1.29 is 36.6 Å². The second kappa shape index (κ2) is 10.2. The van der Waals surface area contributed by atoms with E-state index in [9.17, 15) is 17.6 Å². The highest BCUT2D eigenvalue weighted by molar-refractivity contribution is 7.92. The molecule has 2 aromatic rings. The number of amides is 1. The van der Waals surface area contributed by atoms with Gasteiger partial charge in [-0.15, -0.1) is 0 Å². The number of hydrogen-bond acceptors (Lipinski definition) is 9. The van der Waals surface area contributed by atoms with Crippen LogP contribution in [0.15, 0.2) is 29.4 Å². The SMILES string of the molecule is COc1c(Oc2ccc(S(=O)(=O)C3CC3)cc2F)ncnc1OC1CCN(C(=O)OC(C)C)CC1. The topological polar surface area (TPSA) is 117 Å². The fraction of sp³-hybridized carbons (Fsp3) is 0.522. The van der Waals surface area contributed by atoms with Gasteiger partial charge in [-0.3, -0.25) is 0 Å². The maximum Gasteiger partial charge on any atom is 0.410 e. The number of ether oxygens (including phenoxy) is 4. The third-order valence-corrected chi connectivity index (χ3v) is 7.92. The molecule has 1 aromatic carbocycles. The monoisotopic (exact) mass is 509 g/mol. The normalized spacial score (nSPS) is 16.8. The molecule has 1 aromatic heterocycles. The van der Waals surface area contributed by atoms with Crippen LogP contribution >= 0.6 is 0 Å². The molecular weight excluding hydrogens is 481 g/mol. The minimum Gasteiger partial charge on any atom is -0.487 e. The van der Waals surface area contributed by atoms with E-state index in [0.717, 1.165) is 6.07 Å². The lowest BCUT2D eigenvalue weighted by Crippen LogP contribution is -2.42. The zero-order chi connectivity index (χ0) is 25.2. The molecule has 1 amide bonds. The van der Waals surface area contributed by atoms with Gasteiger partial charge >= 0.3 is 6.09 Å². The molecule has 1 aliphatic heterocycles. The van der Waals surface area contributed by atoms with Crippen molar-refractivity contribution in [2.75, 3.05) is 20.2 Å². The number of aromatic nitrogens is 2. The van der Waals surface area contributed by atoms with Crippen LogP contribution in [-0.4, -0.2) is 67.0 Å². The molecule has 2 aliphatic rings. The van der Waals surface area contributed by atoms with E-state index in [1.165, 1.54) is 25.6 Å². The second-order valence-corrected chi connectivity index (χ2v) is 10.9. The number of hydrogen-bond donors (Lipinski definition) is 0. The van der Waals surface area contributed by atoms with Crippen molar-refractivity contribution in [1.82, 2.24) is 14.9 Å². The number of methoxy groups -OCH3 is 1. The van der Waals surface area contributed by atoms with Crippen molar-refractivity contribution in [1.29, 1.82) is 0 Å².